The molecule has 0 spiro atoms. The molecule has 0 radical (unpaired) electrons. The summed E-state index contributed by atoms with van der Waals surface area (Å²) in [5.41, 5.74) is 7.44. The van der Waals surface area contributed by atoms with Crippen molar-refractivity contribution in [2.45, 2.75) is 13.0 Å². The summed E-state index contributed by atoms with van der Waals surface area (Å²) >= 11 is 1.82. The molecule has 0 unspecified atom stereocenters. The highest BCUT2D eigenvalue weighted by atomic mass is 32.1. The highest BCUT2D eigenvalue weighted by Crippen LogP contribution is 2.23. The lowest BCUT2D eigenvalue weighted by Gasteiger charge is -2.26. The molecule has 23 heavy (non-hydrogen) atoms. The predicted molar refractivity (Wildman–Crippen MR) is 90.6 cm³/mol. The summed E-state index contributed by atoms with van der Waals surface area (Å²) < 4.78 is 0. The van der Waals surface area contributed by atoms with Crippen LogP contribution in [-0.2, 0) is 13.0 Å². The predicted octanol–water partition coefficient (Wildman–Crippen LogP) is 1.64. The van der Waals surface area contributed by atoms with E-state index in [1.807, 2.05) is 11.3 Å². The molecule has 0 saturated heterocycles. The lowest BCUT2D eigenvalue weighted by Crippen LogP contribution is -2.37. The van der Waals surface area contributed by atoms with Gasteiger partial charge in [-0.3, -0.25) is 14.5 Å². The van der Waals surface area contributed by atoms with Crippen LogP contribution in [0.3, 0.4) is 0 Å². The first kappa shape index (κ1) is 15.7. The second-order valence-electron chi connectivity index (χ2n) is 5.60. The van der Waals surface area contributed by atoms with E-state index in [0.717, 1.165) is 26.1 Å². The first-order chi connectivity index (χ1) is 11.1. The maximum absolute atomic E-state index is 12.1. The number of carbonyl (C=O) groups excluding carboxylic acids is 2. The summed E-state index contributed by atoms with van der Waals surface area (Å²) in [7, 11) is 0. The Kier molecular flexibility index (Phi) is 4.73. The van der Waals surface area contributed by atoms with Crippen molar-refractivity contribution in [3.05, 3.63) is 57.3 Å². The van der Waals surface area contributed by atoms with Crippen molar-refractivity contribution >= 4 is 23.2 Å². The van der Waals surface area contributed by atoms with Gasteiger partial charge in [0.15, 0.2) is 0 Å². The fourth-order valence-corrected chi connectivity index (χ4v) is 3.63. The number of amides is 2. The topological polar surface area (TPSA) is 75.4 Å². The van der Waals surface area contributed by atoms with Crippen LogP contribution in [0.2, 0.25) is 0 Å². The van der Waals surface area contributed by atoms with Gasteiger partial charge < -0.3 is 11.1 Å². The van der Waals surface area contributed by atoms with Crippen LogP contribution in [-0.4, -0.2) is 36.3 Å². The highest BCUT2D eigenvalue weighted by Gasteiger charge is 2.17. The van der Waals surface area contributed by atoms with Crippen molar-refractivity contribution in [1.29, 1.82) is 0 Å². The fourth-order valence-electron chi connectivity index (χ4n) is 2.74. The first-order valence-electron chi connectivity index (χ1n) is 7.59. The van der Waals surface area contributed by atoms with Gasteiger partial charge in [0.2, 0.25) is 5.91 Å². The third-order valence-electron chi connectivity index (χ3n) is 4.01. The van der Waals surface area contributed by atoms with Gasteiger partial charge in [-0.2, -0.15) is 0 Å². The van der Waals surface area contributed by atoms with Gasteiger partial charge in [0, 0.05) is 42.2 Å². The maximum Gasteiger partial charge on any atom is 0.251 e. The van der Waals surface area contributed by atoms with Gasteiger partial charge in [0.05, 0.1) is 0 Å². The van der Waals surface area contributed by atoms with Gasteiger partial charge in [-0.25, -0.2) is 0 Å². The number of nitrogens with zero attached hydrogens (tertiary/aromatic N) is 1. The van der Waals surface area contributed by atoms with E-state index in [1.54, 1.807) is 18.2 Å². The first-order valence-corrected chi connectivity index (χ1v) is 8.47. The van der Waals surface area contributed by atoms with E-state index in [9.17, 15) is 9.59 Å². The number of primary amides is 1. The summed E-state index contributed by atoms with van der Waals surface area (Å²) in [5, 5.41) is 5.04. The fraction of sp³-hybridized carbons (Fsp3) is 0.294. The van der Waals surface area contributed by atoms with Gasteiger partial charge >= 0.3 is 0 Å². The zero-order chi connectivity index (χ0) is 16.2. The SMILES string of the molecule is NC(=O)c1cccc(C(=O)NCCN2CCc3sccc3C2)c1. The molecule has 5 nitrogen and oxygen atoms in total. The smallest absolute Gasteiger partial charge is 0.251 e. The zero-order valence-electron chi connectivity index (χ0n) is 12.7. The number of fused-ring (bicyclic) bond motifs is 1. The van der Waals surface area contributed by atoms with Crippen LogP contribution in [0.1, 0.15) is 31.2 Å². The molecule has 2 aromatic rings. The molecule has 3 rings (SSSR count). The molecule has 3 N–H and O–H groups in total. The van der Waals surface area contributed by atoms with Gasteiger partial charge in [-0.05, 0) is 41.6 Å². The Bertz CT molecular complexity index is 726. The molecule has 0 aliphatic carbocycles. The van der Waals surface area contributed by atoms with Crippen molar-refractivity contribution in [1.82, 2.24) is 10.2 Å². The van der Waals surface area contributed by atoms with Crippen LogP contribution in [0, 0.1) is 0 Å². The Balaban J connectivity index is 1.50. The molecule has 1 aliphatic rings. The summed E-state index contributed by atoms with van der Waals surface area (Å²) in [6.07, 6.45) is 1.08. The van der Waals surface area contributed by atoms with E-state index in [0.29, 0.717) is 17.7 Å². The van der Waals surface area contributed by atoms with Crippen molar-refractivity contribution in [2.24, 2.45) is 5.73 Å². The minimum absolute atomic E-state index is 0.179. The number of benzene rings is 1. The van der Waals surface area contributed by atoms with E-state index in [-0.39, 0.29) is 5.91 Å². The minimum Gasteiger partial charge on any atom is -0.366 e. The van der Waals surface area contributed by atoms with E-state index >= 15 is 0 Å². The molecular weight excluding hydrogens is 310 g/mol. The maximum atomic E-state index is 12.1. The van der Waals surface area contributed by atoms with Gasteiger partial charge in [-0.1, -0.05) is 6.07 Å². The second kappa shape index (κ2) is 6.93. The van der Waals surface area contributed by atoms with Gasteiger partial charge in [0.1, 0.15) is 0 Å². The third kappa shape index (κ3) is 3.78. The van der Waals surface area contributed by atoms with Crippen molar-refractivity contribution < 1.29 is 9.59 Å². The van der Waals surface area contributed by atoms with Crippen LogP contribution in [0.5, 0.6) is 0 Å². The summed E-state index contributed by atoms with van der Waals surface area (Å²) in [4.78, 5) is 27.1. The van der Waals surface area contributed by atoms with Crippen LogP contribution < -0.4 is 11.1 Å². The third-order valence-corrected chi connectivity index (χ3v) is 5.03. The zero-order valence-corrected chi connectivity index (χ0v) is 13.6. The number of rotatable bonds is 5. The molecule has 6 heteroatoms. The van der Waals surface area contributed by atoms with Gasteiger partial charge in [-0.15, -0.1) is 11.3 Å². The van der Waals surface area contributed by atoms with Crippen LogP contribution in [0.25, 0.3) is 0 Å². The number of nitrogens with one attached hydrogen (secondary N) is 1. The molecule has 1 aromatic heterocycles. The van der Waals surface area contributed by atoms with E-state index in [1.165, 1.54) is 16.5 Å². The largest absolute Gasteiger partial charge is 0.366 e. The van der Waals surface area contributed by atoms with Crippen molar-refractivity contribution in [3.63, 3.8) is 0 Å². The highest BCUT2D eigenvalue weighted by molar-refractivity contribution is 7.10. The number of carbonyl (C=O) groups is 2. The Hall–Kier alpha value is -2.18. The van der Waals surface area contributed by atoms with Crippen molar-refractivity contribution in [3.8, 4) is 0 Å². The van der Waals surface area contributed by atoms with E-state index in [2.05, 4.69) is 21.7 Å². The van der Waals surface area contributed by atoms with E-state index in [4.69, 9.17) is 5.73 Å². The van der Waals surface area contributed by atoms with Gasteiger partial charge in [0.25, 0.3) is 5.91 Å². The standard InChI is InChI=1S/C17H19N3O2S/c18-16(21)12-2-1-3-13(10-12)17(22)19-6-8-20-7-4-15-14(11-20)5-9-23-15/h1-3,5,9-10H,4,6-8,11H2,(H2,18,21)(H,19,22). The molecule has 0 saturated carbocycles. The lowest BCUT2D eigenvalue weighted by atomic mass is 10.1. The van der Waals surface area contributed by atoms with Crippen molar-refractivity contribution in [2.75, 3.05) is 19.6 Å². The monoisotopic (exact) mass is 329 g/mol. The molecule has 0 atom stereocenters. The van der Waals surface area contributed by atoms with E-state index < -0.39 is 5.91 Å². The molecular formula is C17H19N3O2S. The summed E-state index contributed by atoms with van der Waals surface area (Å²) in [5.74, 6) is -0.708. The molecule has 2 heterocycles. The molecule has 0 fully saturated rings. The normalized spacial score (nSPS) is 14.3. The van der Waals surface area contributed by atoms with Crippen LogP contribution >= 0.6 is 11.3 Å². The van der Waals surface area contributed by atoms with Crippen LogP contribution in [0.15, 0.2) is 35.7 Å². The second-order valence-corrected chi connectivity index (χ2v) is 6.60. The molecule has 2 amide bonds. The molecule has 120 valence electrons. The minimum atomic E-state index is -0.528. The Morgan fingerprint density at radius 1 is 1.26 bits per heavy atom. The Morgan fingerprint density at radius 2 is 2.09 bits per heavy atom. The Morgan fingerprint density at radius 3 is 2.91 bits per heavy atom. The average molecular weight is 329 g/mol. The number of hydrogen-bond donors (Lipinski definition) is 2. The molecule has 1 aromatic carbocycles. The number of nitrogens with two attached hydrogens (primary N) is 1. The quantitative estimate of drug-likeness (QED) is 0.875. The summed E-state index contributed by atoms with van der Waals surface area (Å²) in [6.45, 7) is 3.38. The average Bonchev–Trinajstić information content (AvgIpc) is 3.02. The number of thiophene rings is 1. The molecule has 0 bridgehead atoms. The number of hydrogen-bond acceptors (Lipinski definition) is 4. The van der Waals surface area contributed by atoms with Crippen LogP contribution in [0.4, 0.5) is 0 Å². The Labute approximate surface area is 139 Å². The molecule has 1 aliphatic heterocycles. The lowest BCUT2D eigenvalue weighted by molar-refractivity contribution is 0.0947. The summed E-state index contributed by atoms with van der Waals surface area (Å²) in [6, 6.07) is 8.65.